The highest BCUT2D eigenvalue weighted by molar-refractivity contribution is 15.0. The Morgan fingerprint density at radius 2 is 0.846 bits per heavy atom. The molecule has 16 aromatic rings. The Morgan fingerprint density at radius 3 is 1.25 bits per heavy atom. The molecule has 0 unspecified atom stereocenters. The SMILES string of the molecule is C.CCc1ccc(OC(F)(F)F)cc1.COc1c(C)c(-c2cn3ccc(Cc4ccc(OC(F)(F)F)cc4)cc3n2)nc2ccccc12.COc1c(C)c(C(=O)CBr)nc2ccccc12.Cc1c(-c2cn3ccc(Cc4ccc(OC(F)(F)F)cc4)cc3n2)[nH]c2ccccc2c1=O.II.N.N#N.Nc1cc(Br)ccn1.Nc1cc(Cc2ccc(OC(F)(F)F)cc2)ccn1. The molecule has 9 aromatic heterocycles. The third kappa shape index (κ3) is 30.5. The van der Waals surface area contributed by atoms with Gasteiger partial charge in [0.2, 0.25) is 0 Å². The van der Waals surface area contributed by atoms with Crippen molar-refractivity contribution in [3.63, 3.8) is 0 Å². The van der Waals surface area contributed by atoms with Gasteiger partial charge in [0.15, 0.2) is 11.2 Å². The molecule has 0 atom stereocenters. The summed E-state index contributed by atoms with van der Waals surface area (Å²) in [4.78, 5) is 54.2. The maximum atomic E-state index is 12.8. The fraction of sp³-hybridized carbons (Fsp3) is 0.174. The smallest absolute Gasteiger partial charge is 0.496 e. The van der Waals surface area contributed by atoms with Gasteiger partial charge < -0.3 is 59.8 Å². The molecule has 8 N–H and O–H groups in total. The molecule has 22 nitrogen and oxygen atoms in total. The van der Waals surface area contributed by atoms with Gasteiger partial charge in [-0.25, -0.2) is 29.9 Å². The first-order chi connectivity index (χ1) is 61.0. The molecule has 0 saturated heterocycles. The van der Waals surface area contributed by atoms with Crippen LogP contribution in [0.15, 0.2) is 265 Å². The van der Waals surface area contributed by atoms with E-state index in [0.717, 1.165) is 117 Å². The average molecular weight is 2150 g/mol. The van der Waals surface area contributed by atoms with E-state index in [1.807, 2.05) is 151 Å². The number of aromatic nitrogens is 9. The largest absolute Gasteiger partial charge is 0.573 e. The summed E-state index contributed by atoms with van der Waals surface area (Å²) in [5.74, 6) is 1.52. The van der Waals surface area contributed by atoms with E-state index in [1.54, 1.807) is 106 Å². The van der Waals surface area contributed by atoms with E-state index in [2.05, 4.69) is 108 Å². The Labute approximate surface area is 777 Å². The fourth-order valence-corrected chi connectivity index (χ4v) is 13.5. The number of nitrogen functional groups attached to an aromatic ring is 2. The van der Waals surface area contributed by atoms with Gasteiger partial charge >= 0.3 is 25.4 Å². The number of pyridine rings is 7. The standard InChI is InChI=1S/C26H20F3N3O2.C25H18F3N3O2.C13H12BrNO2.C13H11F3N2O.C9H9F3O.C5H5BrN2.CH4.I2.N2.H3N/c1-16-24(31-21-6-4-3-5-20(21)25(16)33-2)22-15-32-12-11-18(14-23(32)30-22)13-17-7-9-19(10-8-17)34-26(27,28)29;1-15-23(30-20-5-3-2-4-19(20)24(15)32)21-14-31-11-10-17(13-22(31)29-21)12-16-6-8-18(9-7-16)33-25(26,27)28;1-8-12(11(16)7-14)15-10-6-4-3-5-9(10)13(8)17-2;14-13(15,16)19-11-3-1-9(2-4-11)7-10-5-6-18-12(17)8-10;1-2-7-3-5-8(6-4-7)13-9(10,11)12;6-4-1-2-8-5(7)3-4;;2*1-2;/h3-12,14-15H,13H2,1-2H3;2-11,13-14H,12H2,1H3,(H,30,32);3-6H,7H2,1-2H3;1-6,8H,7H2,(H2,17,18);3-6H,2H2,1H3;1-3H,(H2,7,8);1H4;;;1H3. The molecule has 0 aliphatic rings. The van der Waals surface area contributed by atoms with Crippen LogP contribution in [0.3, 0.4) is 0 Å². The predicted octanol–water partition coefficient (Wildman–Crippen LogP) is 25.5. The number of Topliss-reactive ketones (excluding diaryl/α,β-unsaturated/α-hetero) is 1. The zero-order valence-corrected chi connectivity index (χ0v) is 76.4. The second kappa shape index (κ2) is 48.1. The van der Waals surface area contributed by atoms with Crippen LogP contribution in [0, 0.1) is 31.6 Å². The highest BCUT2D eigenvalue weighted by Crippen LogP contribution is 2.37. The summed E-state index contributed by atoms with van der Waals surface area (Å²) in [6, 6.07) is 60.9. The van der Waals surface area contributed by atoms with Gasteiger partial charge in [0.05, 0.1) is 42.0 Å². The van der Waals surface area contributed by atoms with E-state index in [-0.39, 0.29) is 53.1 Å². The van der Waals surface area contributed by atoms with Crippen molar-refractivity contribution in [3.05, 3.63) is 332 Å². The Hall–Kier alpha value is -12.7. The summed E-state index contributed by atoms with van der Waals surface area (Å²) >= 11 is 10.6. The van der Waals surface area contributed by atoms with E-state index >= 15 is 0 Å². The van der Waals surface area contributed by atoms with E-state index in [4.69, 9.17) is 46.7 Å². The Balaban J connectivity index is 0.000000223. The highest BCUT2D eigenvalue weighted by atomic mass is 128. The molecule has 0 spiro atoms. The first kappa shape index (κ1) is 104. The van der Waals surface area contributed by atoms with Gasteiger partial charge in [-0.2, -0.15) is 0 Å². The normalized spacial score (nSPS) is 10.9. The molecule has 0 fully saturated rings. The monoisotopic (exact) mass is 2150 g/mol. The number of nitrogens with zero attached hydrogens (tertiary/aromatic N) is 10. The number of H-pyrrole nitrogens is 1. The quantitative estimate of drug-likeness (QED) is 0.0216. The molecule has 0 bridgehead atoms. The molecule has 9 heterocycles. The van der Waals surface area contributed by atoms with Crippen LogP contribution >= 0.6 is 69.1 Å². The molecule has 38 heteroatoms. The van der Waals surface area contributed by atoms with E-state index in [9.17, 15) is 62.3 Å². The van der Waals surface area contributed by atoms with Crippen molar-refractivity contribution >= 4 is 131 Å². The van der Waals surface area contributed by atoms with Crippen LogP contribution in [0.1, 0.15) is 80.5 Å². The maximum Gasteiger partial charge on any atom is 0.573 e. The third-order valence-electron chi connectivity index (χ3n) is 18.5. The van der Waals surface area contributed by atoms with Crippen LogP contribution in [0.4, 0.5) is 64.3 Å². The molecule has 16 rings (SSSR count). The summed E-state index contributed by atoms with van der Waals surface area (Å²) in [7, 11) is 3.26. The molecule has 0 amide bonds. The van der Waals surface area contributed by atoms with Crippen molar-refractivity contribution in [2.24, 2.45) is 0 Å². The third-order valence-corrected chi connectivity index (χ3v) is 19.5. The minimum atomic E-state index is -4.71. The number of carbonyl (C=O) groups is 1. The second-order valence-electron chi connectivity index (χ2n) is 27.3. The minimum Gasteiger partial charge on any atom is -0.496 e. The molecular weight excluding hydrogens is 2070 g/mol. The highest BCUT2D eigenvalue weighted by Gasteiger charge is 2.34. The van der Waals surface area contributed by atoms with Crippen molar-refractivity contribution in [3.8, 4) is 57.3 Å². The Bertz CT molecular complexity index is 6500. The van der Waals surface area contributed by atoms with Gasteiger partial charge in [0.25, 0.3) is 0 Å². The number of nitrogens with two attached hydrogens (primary N) is 2. The fourth-order valence-electron chi connectivity index (χ4n) is 12.8. The summed E-state index contributed by atoms with van der Waals surface area (Å²) < 4.78 is 176. The lowest BCUT2D eigenvalue weighted by atomic mass is 10.1. The number of aryl methyl sites for hydroxylation is 1. The van der Waals surface area contributed by atoms with Gasteiger partial charge in [-0.1, -0.05) is 131 Å². The van der Waals surface area contributed by atoms with Crippen LogP contribution in [0.2, 0.25) is 0 Å². The van der Waals surface area contributed by atoms with E-state index in [0.29, 0.717) is 64.6 Å². The van der Waals surface area contributed by atoms with Crippen LogP contribution < -0.4 is 51.5 Å². The zero-order chi connectivity index (χ0) is 93.2. The number of ketones is 1. The number of imidazole rings is 2. The van der Waals surface area contributed by atoms with Gasteiger partial charge in [-0.05, 0) is 219 Å². The zero-order valence-electron chi connectivity index (χ0n) is 68.9. The first-order valence-corrected chi connectivity index (χ1v) is 46.0. The number of hydrogen-bond donors (Lipinski definition) is 4. The van der Waals surface area contributed by atoms with Crippen molar-refractivity contribution in [1.29, 1.82) is 10.8 Å². The van der Waals surface area contributed by atoms with Crippen molar-refractivity contribution < 1.29 is 85.9 Å². The van der Waals surface area contributed by atoms with Gasteiger partial charge in [0, 0.05) is 128 Å². The maximum absolute atomic E-state index is 12.8. The van der Waals surface area contributed by atoms with Crippen molar-refractivity contribution in [2.75, 3.05) is 31.0 Å². The number of para-hydroxylation sites is 3. The van der Waals surface area contributed by atoms with Crippen molar-refractivity contribution in [1.82, 2.24) is 49.8 Å². The molecule has 130 heavy (non-hydrogen) atoms. The van der Waals surface area contributed by atoms with Gasteiger partial charge in [0.1, 0.15) is 74.5 Å². The predicted molar refractivity (Wildman–Crippen MR) is 500 cm³/mol. The molecule has 0 aliphatic heterocycles. The lowest BCUT2D eigenvalue weighted by Crippen LogP contribution is -2.17. The number of benzene rings is 7. The summed E-state index contributed by atoms with van der Waals surface area (Å²) in [5, 5.41) is 14.8. The Morgan fingerprint density at radius 1 is 0.469 bits per heavy atom. The van der Waals surface area contributed by atoms with Crippen LogP contribution in [-0.2, 0) is 25.7 Å². The Kier molecular flexibility index (Phi) is 38.6. The van der Waals surface area contributed by atoms with Crippen LogP contribution in [-0.4, -0.2) is 94.5 Å². The van der Waals surface area contributed by atoms with Crippen molar-refractivity contribution in [2.45, 2.75) is 86.3 Å². The number of carbonyl (C=O) groups excluding carboxylic acids is 1. The average Bonchev–Trinajstić information content (AvgIpc) is 1.54. The topological polar surface area (TPSA) is 326 Å². The molecule has 680 valence electrons. The molecular formula is C92H82Br2F12I2N14O8. The minimum absolute atomic E-state index is 0. The molecule has 0 saturated carbocycles. The van der Waals surface area contributed by atoms with Crippen LogP contribution in [0.25, 0.3) is 66.8 Å². The van der Waals surface area contributed by atoms with Gasteiger partial charge in [-0.15, -0.1) is 52.7 Å². The lowest BCUT2D eigenvalue weighted by Gasteiger charge is -2.11. The summed E-state index contributed by atoms with van der Waals surface area (Å²) in [5.41, 5.74) is 26.6. The first-order valence-electron chi connectivity index (χ1n) is 37.8. The number of nitrogens with one attached hydrogen (secondary N) is 1. The molecule has 0 radical (unpaired) electrons. The van der Waals surface area contributed by atoms with Crippen LogP contribution in [0.5, 0.6) is 34.5 Å². The summed E-state index contributed by atoms with van der Waals surface area (Å²) in [6.45, 7) is 7.53. The number of aromatic amines is 1. The van der Waals surface area contributed by atoms with Gasteiger partial charge in [-0.3, -0.25) is 9.59 Å². The molecule has 0 aliphatic carbocycles. The number of halogens is 16. The van der Waals surface area contributed by atoms with E-state index in [1.165, 1.54) is 48.5 Å². The summed E-state index contributed by atoms with van der Waals surface area (Å²) in [6.07, 6.45) is -5.44. The number of methoxy groups -OCH3 is 2. The number of rotatable bonds is 17. The number of hydrogen-bond acceptors (Lipinski definition) is 19. The number of fused-ring (bicyclic) bond motifs is 5. The molecule has 7 aromatic carbocycles. The second-order valence-corrected chi connectivity index (χ2v) is 28.8. The number of ether oxygens (including phenoxy) is 6. The lowest BCUT2D eigenvalue weighted by molar-refractivity contribution is -0.275. The number of alkyl halides is 13. The van der Waals surface area contributed by atoms with E-state index < -0.39 is 25.4 Å². The number of anilines is 2.